The van der Waals surface area contributed by atoms with Crippen LogP contribution in [0.5, 0.6) is 11.5 Å². The number of hydrogen-bond acceptors (Lipinski definition) is 3. The first-order chi connectivity index (χ1) is 11.5. The second-order valence-electron chi connectivity index (χ2n) is 5.77. The average molecular weight is 323 g/mol. The van der Waals surface area contributed by atoms with Crippen LogP contribution in [0.2, 0.25) is 0 Å². The molecule has 122 valence electrons. The Hall–Kier alpha value is -3.08. The number of fused-ring (bicyclic) bond motifs is 1. The molecule has 3 aromatic rings. The highest BCUT2D eigenvalue weighted by atomic mass is 16.5. The Labute approximate surface area is 138 Å². The molecule has 0 amide bonds. The molecule has 0 aliphatic rings. The average Bonchev–Trinajstić information content (AvgIpc) is 2.56. The summed E-state index contributed by atoms with van der Waals surface area (Å²) in [6.07, 6.45) is 1.40. The molecule has 0 atom stereocenters. The Bertz CT molecular complexity index is 958. The van der Waals surface area contributed by atoms with Crippen LogP contribution < -0.4 is 10.2 Å². The van der Waals surface area contributed by atoms with Crippen molar-refractivity contribution in [3.05, 3.63) is 70.5 Å². The van der Waals surface area contributed by atoms with E-state index in [1.807, 2.05) is 44.2 Å². The Kier molecular flexibility index (Phi) is 4.08. The molecule has 0 bridgehead atoms. The van der Waals surface area contributed by atoms with Gasteiger partial charge in [0.15, 0.2) is 0 Å². The number of ether oxygens (including phenoxy) is 1. The summed E-state index contributed by atoms with van der Waals surface area (Å²) in [6.45, 7) is 3.87. The van der Waals surface area contributed by atoms with Crippen molar-refractivity contribution in [2.45, 2.75) is 19.9 Å². The van der Waals surface area contributed by atoms with Gasteiger partial charge < -0.3 is 14.4 Å². The molecule has 5 heteroatoms. The maximum atomic E-state index is 12.5. The zero-order chi connectivity index (χ0) is 17.3. The zero-order valence-corrected chi connectivity index (χ0v) is 13.4. The van der Waals surface area contributed by atoms with Gasteiger partial charge in [-0.2, -0.15) is 0 Å². The van der Waals surface area contributed by atoms with Crippen LogP contribution in [0.4, 0.5) is 0 Å². The summed E-state index contributed by atoms with van der Waals surface area (Å²) >= 11 is 0. The van der Waals surface area contributed by atoms with Crippen molar-refractivity contribution in [3.8, 4) is 11.5 Å². The standard InChI is InChI=1S/C19H17NO4/c1-12(2)20-11-16(19(22)23)18(21)15-10-14(8-9-17(15)20)24-13-6-4-3-5-7-13/h3-12H,1-2H3,(H,22,23). The van der Waals surface area contributed by atoms with Crippen LogP contribution in [0, 0.1) is 0 Å². The summed E-state index contributed by atoms with van der Waals surface area (Å²) in [4.78, 5) is 23.9. The molecular weight excluding hydrogens is 306 g/mol. The van der Waals surface area contributed by atoms with Gasteiger partial charge in [-0.05, 0) is 44.2 Å². The summed E-state index contributed by atoms with van der Waals surface area (Å²) < 4.78 is 7.53. The topological polar surface area (TPSA) is 68.5 Å². The number of nitrogens with zero attached hydrogens (tertiary/aromatic N) is 1. The molecule has 5 nitrogen and oxygen atoms in total. The van der Waals surface area contributed by atoms with Gasteiger partial charge in [0.25, 0.3) is 0 Å². The third kappa shape index (κ3) is 2.88. The summed E-state index contributed by atoms with van der Waals surface area (Å²) in [5.41, 5.74) is -0.0682. The Morgan fingerprint density at radius 2 is 1.79 bits per heavy atom. The fourth-order valence-electron chi connectivity index (χ4n) is 2.60. The highest BCUT2D eigenvalue weighted by Crippen LogP contribution is 2.25. The number of hydrogen-bond donors (Lipinski definition) is 1. The SMILES string of the molecule is CC(C)n1cc(C(=O)O)c(=O)c2cc(Oc3ccccc3)ccc21. The lowest BCUT2D eigenvalue weighted by Gasteiger charge is -2.16. The number of carboxylic acid groups (broad SMARTS) is 1. The van der Waals surface area contributed by atoms with E-state index >= 15 is 0 Å². The third-order valence-corrected chi connectivity index (χ3v) is 3.77. The van der Waals surface area contributed by atoms with Crippen LogP contribution in [0.25, 0.3) is 10.9 Å². The number of pyridine rings is 1. The fourth-order valence-corrected chi connectivity index (χ4v) is 2.60. The lowest BCUT2D eigenvalue weighted by molar-refractivity contribution is 0.0694. The minimum atomic E-state index is -1.23. The Morgan fingerprint density at radius 3 is 2.42 bits per heavy atom. The molecule has 2 aromatic carbocycles. The van der Waals surface area contributed by atoms with E-state index in [0.717, 1.165) is 0 Å². The molecule has 0 aliphatic carbocycles. The van der Waals surface area contributed by atoms with Gasteiger partial charge in [0.1, 0.15) is 17.1 Å². The van der Waals surface area contributed by atoms with Crippen molar-refractivity contribution in [2.24, 2.45) is 0 Å². The number of carboxylic acids is 1. The third-order valence-electron chi connectivity index (χ3n) is 3.77. The lowest BCUT2D eigenvalue weighted by Crippen LogP contribution is -2.19. The Morgan fingerprint density at radius 1 is 1.08 bits per heavy atom. The molecule has 1 N–H and O–H groups in total. The molecule has 3 rings (SSSR count). The van der Waals surface area contributed by atoms with E-state index < -0.39 is 11.4 Å². The number of benzene rings is 2. The highest BCUT2D eigenvalue weighted by molar-refractivity contribution is 5.93. The van der Waals surface area contributed by atoms with Crippen molar-refractivity contribution in [1.82, 2.24) is 4.57 Å². The number of aromatic carboxylic acids is 1. The molecule has 0 saturated heterocycles. The van der Waals surface area contributed by atoms with Crippen molar-refractivity contribution < 1.29 is 14.6 Å². The number of rotatable bonds is 4. The van der Waals surface area contributed by atoms with Gasteiger partial charge in [-0.25, -0.2) is 4.79 Å². The molecule has 0 spiro atoms. The smallest absolute Gasteiger partial charge is 0.341 e. The van der Waals surface area contributed by atoms with Crippen LogP contribution in [-0.2, 0) is 0 Å². The van der Waals surface area contributed by atoms with Gasteiger partial charge in [-0.1, -0.05) is 18.2 Å². The van der Waals surface area contributed by atoms with E-state index in [1.54, 1.807) is 22.8 Å². The lowest BCUT2D eigenvalue weighted by atomic mass is 10.1. The molecule has 0 aliphatic heterocycles. The molecule has 1 aromatic heterocycles. The predicted octanol–water partition coefficient (Wildman–Crippen LogP) is 4.07. The largest absolute Gasteiger partial charge is 0.477 e. The minimum Gasteiger partial charge on any atom is -0.477 e. The van der Waals surface area contributed by atoms with Crippen LogP contribution in [0.3, 0.4) is 0 Å². The minimum absolute atomic E-state index is 0.0205. The first-order valence-corrected chi connectivity index (χ1v) is 7.62. The van der Waals surface area contributed by atoms with Crippen molar-refractivity contribution in [3.63, 3.8) is 0 Å². The van der Waals surface area contributed by atoms with E-state index in [4.69, 9.17) is 4.74 Å². The van der Waals surface area contributed by atoms with Gasteiger partial charge in [0, 0.05) is 12.2 Å². The van der Waals surface area contributed by atoms with Crippen LogP contribution in [0.15, 0.2) is 59.5 Å². The van der Waals surface area contributed by atoms with Gasteiger partial charge in [-0.3, -0.25) is 4.79 Å². The van der Waals surface area contributed by atoms with Gasteiger partial charge in [-0.15, -0.1) is 0 Å². The van der Waals surface area contributed by atoms with Crippen LogP contribution in [0.1, 0.15) is 30.2 Å². The normalized spacial score (nSPS) is 11.0. The number of para-hydroxylation sites is 1. The molecule has 0 unspecified atom stereocenters. The van der Waals surface area contributed by atoms with Gasteiger partial charge in [0.2, 0.25) is 5.43 Å². The number of aromatic nitrogens is 1. The number of carbonyl (C=O) groups is 1. The summed E-state index contributed by atoms with van der Waals surface area (Å²) in [7, 11) is 0. The van der Waals surface area contributed by atoms with E-state index in [1.165, 1.54) is 6.20 Å². The van der Waals surface area contributed by atoms with Gasteiger partial charge in [0.05, 0.1) is 10.9 Å². The predicted molar refractivity (Wildman–Crippen MR) is 92.1 cm³/mol. The van der Waals surface area contributed by atoms with Crippen LogP contribution >= 0.6 is 0 Å². The maximum Gasteiger partial charge on any atom is 0.341 e. The summed E-state index contributed by atoms with van der Waals surface area (Å²) in [6, 6.07) is 14.4. The first-order valence-electron chi connectivity index (χ1n) is 7.62. The van der Waals surface area contributed by atoms with Crippen molar-refractivity contribution in [2.75, 3.05) is 0 Å². The molecule has 0 fully saturated rings. The Balaban J connectivity index is 2.19. The van der Waals surface area contributed by atoms with E-state index in [0.29, 0.717) is 22.4 Å². The van der Waals surface area contributed by atoms with E-state index in [-0.39, 0.29) is 11.6 Å². The monoisotopic (exact) mass is 323 g/mol. The van der Waals surface area contributed by atoms with E-state index in [9.17, 15) is 14.7 Å². The van der Waals surface area contributed by atoms with Crippen molar-refractivity contribution >= 4 is 16.9 Å². The second-order valence-corrected chi connectivity index (χ2v) is 5.77. The summed E-state index contributed by atoms with van der Waals surface area (Å²) in [5, 5.41) is 9.62. The molecule has 1 heterocycles. The first kappa shape index (κ1) is 15.8. The molecular formula is C19H17NO4. The second kappa shape index (κ2) is 6.20. The molecule has 24 heavy (non-hydrogen) atoms. The molecule has 0 saturated carbocycles. The fraction of sp³-hybridized carbons (Fsp3) is 0.158. The van der Waals surface area contributed by atoms with Crippen molar-refractivity contribution in [1.29, 1.82) is 0 Å². The maximum absolute atomic E-state index is 12.5. The zero-order valence-electron chi connectivity index (χ0n) is 13.4. The van der Waals surface area contributed by atoms with Gasteiger partial charge >= 0.3 is 5.97 Å². The summed E-state index contributed by atoms with van der Waals surface area (Å²) in [5.74, 6) is -0.0928. The van der Waals surface area contributed by atoms with Crippen LogP contribution in [-0.4, -0.2) is 15.6 Å². The molecule has 0 radical (unpaired) electrons. The highest BCUT2D eigenvalue weighted by Gasteiger charge is 2.16. The quantitative estimate of drug-likeness (QED) is 0.785. The van der Waals surface area contributed by atoms with E-state index in [2.05, 4.69) is 0 Å².